The maximum Gasteiger partial charge on any atom is 0.246 e. The summed E-state index contributed by atoms with van der Waals surface area (Å²) in [5, 5.41) is 18.3. The highest BCUT2D eigenvalue weighted by Crippen LogP contribution is 2.31. The molecule has 2 atom stereocenters. The molecule has 2 aromatic heterocycles. The molecule has 0 unspecified atom stereocenters. The van der Waals surface area contributed by atoms with Gasteiger partial charge in [-0.2, -0.15) is 5.10 Å². The molecule has 1 aliphatic heterocycles. The van der Waals surface area contributed by atoms with Crippen molar-refractivity contribution in [2.75, 3.05) is 30.7 Å². The first-order chi connectivity index (χ1) is 16.0. The average Bonchev–Trinajstić information content (AvgIpc) is 3.28. The van der Waals surface area contributed by atoms with Crippen LogP contribution in [0.15, 0.2) is 61.7 Å². The number of aliphatic hydroxyl groups excluding tert-OH is 1. The van der Waals surface area contributed by atoms with Crippen molar-refractivity contribution in [3.8, 4) is 11.1 Å². The molecule has 4 rings (SSSR count). The second-order valence-corrected chi connectivity index (χ2v) is 8.21. The highest BCUT2D eigenvalue weighted by atomic mass is 16.3. The third-order valence-corrected chi connectivity index (χ3v) is 6.00. The number of carbonyl (C=O) groups excluding carboxylic acids is 1. The summed E-state index contributed by atoms with van der Waals surface area (Å²) in [6.07, 6.45) is 7.35. The largest absolute Gasteiger partial charge is 0.391 e. The van der Waals surface area contributed by atoms with Gasteiger partial charge in [-0.1, -0.05) is 36.9 Å². The van der Waals surface area contributed by atoms with Gasteiger partial charge in [0.1, 0.15) is 18.0 Å². The molecule has 0 bridgehead atoms. The quantitative estimate of drug-likeness (QED) is 0.452. The maximum absolute atomic E-state index is 11.8. The van der Waals surface area contributed by atoms with E-state index in [2.05, 4.69) is 39.1 Å². The zero-order chi connectivity index (χ0) is 23.2. The first kappa shape index (κ1) is 22.5. The van der Waals surface area contributed by atoms with Crippen LogP contribution in [0.25, 0.3) is 11.1 Å². The molecule has 172 valence electrons. The molecule has 1 fully saturated rings. The number of likely N-dealkylation sites (tertiary alicyclic amines) is 1. The standard InChI is InChI=1S/C24H29N7O2/c1-2-21(33)30-11-9-18(20(32)15-30)8-10-26-24-22(23(25)27-16-28-24)19-12-29-31(14-19)13-17-6-4-3-5-7-17/h2-7,12,14,16,18,20,32H,1,8-11,13,15H2,(H3,25,26,27,28)/t18-,20-/m1/s1. The van der Waals surface area contributed by atoms with Crippen LogP contribution in [-0.2, 0) is 11.3 Å². The Hall–Kier alpha value is -3.72. The first-order valence-corrected chi connectivity index (χ1v) is 11.1. The van der Waals surface area contributed by atoms with Crippen LogP contribution in [0.4, 0.5) is 11.6 Å². The van der Waals surface area contributed by atoms with Gasteiger partial charge in [-0.3, -0.25) is 9.48 Å². The Labute approximate surface area is 193 Å². The molecular weight excluding hydrogens is 418 g/mol. The highest BCUT2D eigenvalue weighted by Gasteiger charge is 2.29. The topological polar surface area (TPSA) is 122 Å². The zero-order valence-corrected chi connectivity index (χ0v) is 18.5. The number of β-amino-alcohol motifs (C(OH)–C–C–N with tert-alkyl or cyclic N) is 1. The number of nitrogens with two attached hydrogens (primary N) is 1. The van der Waals surface area contributed by atoms with Crippen LogP contribution in [0.1, 0.15) is 18.4 Å². The minimum Gasteiger partial charge on any atom is -0.391 e. The van der Waals surface area contributed by atoms with Gasteiger partial charge in [-0.05, 0) is 30.4 Å². The van der Waals surface area contributed by atoms with Gasteiger partial charge in [-0.25, -0.2) is 9.97 Å². The summed E-state index contributed by atoms with van der Waals surface area (Å²) >= 11 is 0. The van der Waals surface area contributed by atoms with E-state index in [0.717, 1.165) is 24.0 Å². The number of carbonyl (C=O) groups is 1. The molecule has 0 saturated carbocycles. The van der Waals surface area contributed by atoms with E-state index in [1.54, 1.807) is 11.1 Å². The number of nitrogens with one attached hydrogen (secondary N) is 1. The fraction of sp³-hybridized carbons (Fsp3) is 0.333. The summed E-state index contributed by atoms with van der Waals surface area (Å²) in [6, 6.07) is 10.1. The second kappa shape index (κ2) is 10.3. The predicted octanol–water partition coefficient (Wildman–Crippen LogP) is 2.17. The van der Waals surface area contributed by atoms with E-state index < -0.39 is 6.10 Å². The van der Waals surface area contributed by atoms with Gasteiger partial charge < -0.3 is 21.1 Å². The SMILES string of the molecule is C=CC(=O)N1CC[C@@H](CCNc2ncnc(N)c2-c2cnn(Cc3ccccc3)c2)[C@H](O)C1. The number of amides is 1. The molecule has 1 saturated heterocycles. The number of nitrogen functional groups attached to an aromatic ring is 1. The lowest BCUT2D eigenvalue weighted by molar-refractivity contribution is -0.130. The minimum atomic E-state index is -0.560. The zero-order valence-electron chi connectivity index (χ0n) is 18.5. The number of hydrogen-bond donors (Lipinski definition) is 3. The summed E-state index contributed by atoms with van der Waals surface area (Å²) in [5.74, 6) is 0.973. The van der Waals surface area contributed by atoms with E-state index in [1.807, 2.05) is 29.1 Å². The Kier molecular flexibility index (Phi) is 6.99. The molecule has 3 heterocycles. The van der Waals surface area contributed by atoms with Crippen LogP contribution in [0.3, 0.4) is 0 Å². The highest BCUT2D eigenvalue weighted by molar-refractivity contribution is 5.87. The third-order valence-electron chi connectivity index (χ3n) is 6.00. The summed E-state index contributed by atoms with van der Waals surface area (Å²) in [7, 11) is 0. The van der Waals surface area contributed by atoms with Gasteiger partial charge in [0.05, 0.1) is 24.4 Å². The third kappa shape index (κ3) is 5.38. The van der Waals surface area contributed by atoms with E-state index >= 15 is 0 Å². The van der Waals surface area contributed by atoms with Crippen molar-refractivity contribution in [1.29, 1.82) is 0 Å². The van der Waals surface area contributed by atoms with Crippen LogP contribution in [0.2, 0.25) is 0 Å². The first-order valence-electron chi connectivity index (χ1n) is 11.1. The molecule has 4 N–H and O–H groups in total. The summed E-state index contributed by atoms with van der Waals surface area (Å²) < 4.78 is 1.86. The number of hydrogen-bond acceptors (Lipinski definition) is 7. The number of aromatic nitrogens is 4. The van der Waals surface area contributed by atoms with Gasteiger partial charge in [0.2, 0.25) is 5.91 Å². The van der Waals surface area contributed by atoms with E-state index in [4.69, 9.17) is 5.73 Å². The lowest BCUT2D eigenvalue weighted by Gasteiger charge is -2.35. The molecule has 0 spiro atoms. The lowest BCUT2D eigenvalue weighted by Crippen LogP contribution is -2.46. The Morgan fingerprint density at radius 3 is 2.88 bits per heavy atom. The fourth-order valence-corrected chi connectivity index (χ4v) is 4.19. The van der Waals surface area contributed by atoms with Crippen LogP contribution < -0.4 is 11.1 Å². The number of piperidine rings is 1. The minimum absolute atomic E-state index is 0.0997. The van der Waals surface area contributed by atoms with Gasteiger partial charge in [0.15, 0.2) is 0 Å². The van der Waals surface area contributed by atoms with E-state index in [9.17, 15) is 9.90 Å². The Morgan fingerprint density at radius 2 is 2.12 bits per heavy atom. The van der Waals surface area contributed by atoms with Crippen molar-refractivity contribution < 1.29 is 9.90 Å². The number of benzene rings is 1. The molecule has 0 aliphatic carbocycles. The molecule has 1 aromatic carbocycles. The van der Waals surface area contributed by atoms with E-state index in [-0.39, 0.29) is 11.8 Å². The van der Waals surface area contributed by atoms with Gasteiger partial charge in [-0.15, -0.1) is 0 Å². The van der Waals surface area contributed by atoms with Gasteiger partial charge in [0.25, 0.3) is 0 Å². The van der Waals surface area contributed by atoms with Gasteiger partial charge in [0, 0.05) is 31.4 Å². The van der Waals surface area contributed by atoms with Gasteiger partial charge >= 0.3 is 0 Å². The maximum atomic E-state index is 11.8. The number of rotatable bonds is 8. The molecule has 1 aliphatic rings. The van der Waals surface area contributed by atoms with Crippen molar-refractivity contribution in [3.05, 3.63) is 67.3 Å². The molecule has 33 heavy (non-hydrogen) atoms. The average molecular weight is 448 g/mol. The van der Waals surface area contributed by atoms with Crippen LogP contribution in [-0.4, -0.2) is 61.4 Å². The van der Waals surface area contributed by atoms with Crippen molar-refractivity contribution in [1.82, 2.24) is 24.6 Å². The second-order valence-electron chi connectivity index (χ2n) is 8.21. The Morgan fingerprint density at radius 1 is 1.30 bits per heavy atom. The lowest BCUT2D eigenvalue weighted by atomic mass is 9.90. The molecule has 9 nitrogen and oxygen atoms in total. The monoisotopic (exact) mass is 447 g/mol. The fourth-order valence-electron chi connectivity index (χ4n) is 4.19. The smallest absolute Gasteiger partial charge is 0.246 e. The molecule has 3 aromatic rings. The number of anilines is 2. The normalized spacial score (nSPS) is 18.2. The van der Waals surface area contributed by atoms with Crippen LogP contribution >= 0.6 is 0 Å². The molecule has 1 amide bonds. The van der Waals surface area contributed by atoms with Crippen molar-refractivity contribution >= 4 is 17.5 Å². The summed E-state index contributed by atoms with van der Waals surface area (Å²) in [4.78, 5) is 22.0. The number of nitrogens with zero attached hydrogens (tertiary/aromatic N) is 5. The van der Waals surface area contributed by atoms with Crippen LogP contribution in [0, 0.1) is 5.92 Å². The summed E-state index contributed by atoms with van der Waals surface area (Å²) in [5.41, 5.74) is 8.90. The van der Waals surface area contributed by atoms with Crippen LogP contribution in [0.5, 0.6) is 0 Å². The van der Waals surface area contributed by atoms with Crippen molar-refractivity contribution in [3.63, 3.8) is 0 Å². The van der Waals surface area contributed by atoms with Crippen molar-refractivity contribution in [2.24, 2.45) is 5.92 Å². The number of aliphatic hydroxyl groups is 1. The Bertz CT molecular complexity index is 1100. The van der Waals surface area contributed by atoms with Crippen molar-refractivity contribution in [2.45, 2.75) is 25.5 Å². The summed E-state index contributed by atoms with van der Waals surface area (Å²) in [6.45, 7) is 5.74. The molecular formula is C24H29N7O2. The molecule has 9 heteroatoms. The van der Waals surface area contributed by atoms with E-state index in [0.29, 0.717) is 43.4 Å². The predicted molar refractivity (Wildman–Crippen MR) is 127 cm³/mol. The molecule has 0 radical (unpaired) electrons. The Balaban J connectivity index is 1.40. The van der Waals surface area contributed by atoms with E-state index in [1.165, 1.54) is 12.4 Å².